The van der Waals surface area contributed by atoms with E-state index < -0.39 is 36.0 Å². The second-order valence-electron chi connectivity index (χ2n) is 9.44. The Labute approximate surface area is 195 Å². The third-order valence-corrected chi connectivity index (χ3v) is 4.96. The van der Waals surface area contributed by atoms with Crippen molar-refractivity contribution < 1.29 is 29.0 Å². The maximum Gasteiger partial charge on any atom is 0.345 e. The number of allylic oxidation sites excluding steroid dienone is 2. The largest absolute Gasteiger partial charge is 0.478 e. The topological polar surface area (TPSA) is 89.9 Å². The molecule has 0 aromatic rings. The first-order valence-corrected chi connectivity index (χ1v) is 12.4. The van der Waals surface area contributed by atoms with Gasteiger partial charge < -0.3 is 14.6 Å². The van der Waals surface area contributed by atoms with Crippen molar-refractivity contribution >= 4 is 17.9 Å². The van der Waals surface area contributed by atoms with Crippen molar-refractivity contribution in [1.29, 1.82) is 0 Å². The summed E-state index contributed by atoms with van der Waals surface area (Å²) < 4.78 is 10.1. The molecule has 0 rings (SSSR count). The predicted octanol–water partition coefficient (Wildman–Crippen LogP) is 6.75. The molecule has 1 atom stereocenters. The van der Waals surface area contributed by atoms with E-state index in [-0.39, 0.29) is 6.42 Å². The third kappa shape index (κ3) is 20.1. The minimum Gasteiger partial charge on any atom is -0.478 e. The number of carboxylic acid groups (broad SMARTS) is 1. The monoisotopic (exact) mass is 454 g/mol. The lowest BCUT2D eigenvalue weighted by atomic mass is 10.1. The Morgan fingerprint density at radius 3 is 1.78 bits per heavy atom. The van der Waals surface area contributed by atoms with Gasteiger partial charge in [-0.1, -0.05) is 70.4 Å². The van der Waals surface area contributed by atoms with E-state index >= 15 is 0 Å². The summed E-state index contributed by atoms with van der Waals surface area (Å²) in [6, 6.07) is 0. The van der Waals surface area contributed by atoms with Gasteiger partial charge in [0.1, 0.15) is 5.60 Å². The summed E-state index contributed by atoms with van der Waals surface area (Å²) in [5.74, 6) is -2.62. The number of carboxylic acids is 1. The van der Waals surface area contributed by atoms with Crippen LogP contribution in [0.1, 0.15) is 124 Å². The molecule has 0 aromatic heterocycles. The number of ether oxygens (including phenoxy) is 2. The van der Waals surface area contributed by atoms with Crippen LogP contribution in [0.2, 0.25) is 0 Å². The second kappa shape index (κ2) is 18.7. The number of esters is 2. The van der Waals surface area contributed by atoms with Crippen molar-refractivity contribution in [2.45, 2.75) is 136 Å². The molecule has 1 unspecified atom stereocenters. The van der Waals surface area contributed by atoms with Crippen molar-refractivity contribution in [2.75, 3.05) is 0 Å². The zero-order valence-electron chi connectivity index (χ0n) is 20.8. The van der Waals surface area contributed by atoms with E-state index in [9.17, 15) is 19.5 Å². The van der Waals surface area contributed by atoms with E-state index in [1.54, 1.807) is 20.8 Å². The lowest BCUT2D eigenvalue weighted by molar-refractivity contribution is -0.171. The fourth-order valence-electron chi connectivity index (χ4n) is 3.27. The van der Waals surface area contributed by atoms with Gasteiger partial charge in [-0.05, 0) is 52.9 Å². The number of carbonyl (C=O) groups is 3. The van der Waals surface area contributed by atoms with Gasteiger partial charge in [-0.3, -0.25) is 9.59 Å². The molecule has 0 aromatic carbocycles. The molecule has 0 aliphatic rings. The minimum atomic E-state index is -1.50. The van der Waals surface area contributed by atoms with Crippen LogP contribution in [0.4, 0.5) is 0 Å². The van der Waals surface area contributed by atoms with Crippen LogP contribution in [0.25, 0.3) is 0 Å². The Morgan fingerprint density at radius 2 is 1.28 bits per heavy atom. The highest BCUT2D eigenvalue weighted by Crippen LogP contribution is 2.13. The number of rotatable bonds is 19. The summed E-state index contributed by atoms with van der Waals surface area (Å²) in [6.45, 7) is 7.32. The first-order chi connectivity index (χ1) is 15.2. The quantitative estimate of drug-likeness (QED) is 0.132. The lowest BCUT2D eigenvalue weighted by Crippen LogP contribution is -2.33. The van der Waals surface area contributed by atoms with Gasteiger partial charge in [-0.25, -0.2) is 4.79 Å². The summed E-state index contributed by atoms with van der Waals surface area (Å²) in [4.78, 5) is 35.0. The molecule has 0 amide bonds. The van der Waals surface area contributed by atoms with Crippen molar-refractivity contribution in [3.05, 3.63) is 12.2 Å². The van der Waals surface area contributed by atoms with E-state index in [1.807, 2.05) is 0 Å². The molecular weight excluding hydrogens is 408 g/mol. The molecule has 32 heavy (non-hydrogen) atoms. The van der Waals surface area contributed by atoms with Crippen LogP contribution in [0.3, 0.4) is 0 Å². The number of hydrogen-bond acceptors (Lipinski definition) is 5. The van der Waals surface area contributed by atoms with Crippen molar-refractivity contribution in [3.8, 4) is 0 Å². The van der Waals surface area contributed by atoms with Crippen LogP contribution >= 0.6 is 0 Å². The zero-order valence-corrected chi connectivity index (χ0v) is 20.8. The SMILES string of the molecule is CCCCCCCCC=CCCCCCCCC(=O)OC(CC(=O)OC(C)(C)C)C(=O)O. The first-order valence-electron chi connectivity index (χ1n) is 12.4. The Morgan fingerprint density at radius 1 is 0.781 bits per heavy atom. The molecule has 0 aliphatic carbocycles. The van der Waals surface area contributed by atoms with Gasteiger partial charge in [-0.15, -0.1) is 0 Å². The van der Waals surface area contributed by atoms with Gasteiger partial charge in [0.05, 0.1) is 6.42 Å². The number of carbonyl (C=O) groups excluding carboxylic acids is 2. The molecule has 0 aliphatic heterocycles. The van der Waals surface area contributed by atoms with Gasteiger partial charge in [0.2, 0.25) is 6.10 Å². The van der Waals surface area contributed by atoms with Crippen LogP contribution in [-0.4, -0.2) is 34.7 Å². The molecule has 0 radical (unpaired) electrons. The lowest BCUT2D eigenvalue weighted by Gasteiger charge is -2.21. The molecule has 1 N–H and O–H groups in total. The van der Waals surface area contributed by atoms with E-state index in [1.165, 1.54) is 44.9 Å². The normalized spacial score (nSPS) is 12.6. The van der Waals surface area contributed by atoms with Crippen molar-refractivity contribution in [3.63, 3.8) is 0 Å². The molecule has 0 bridgehead atoms. The highest BCUT2D eigenvalue weighted by atomic mass is 16.6. The van der Waals surface area contributed by atoms with Crippen molar-refractivity contribution in [2.24, 2.45) is 0 Å². The van der Waals surface area contributed by atoms with Crippen LogP contribution in [0.15, 0.2) is 12.2 Å². The first kappa shape index (κ1) is 30.1. The van der Waals surface area contributed by atoms with Crippen molar-refractivity contribution in [1.82, 2.24) is 0 Å². The molecule has 6 heteroatoms. The summed E-state index contributed by atoms with van der Waals surface area (Å²) >= 11 is 0. The van der Waals surface area contributed by atoms with Gasteiger partial charge >= 0.3 is 17.9 Å². The Hall–Kier alpha value is -1.85. The second-order valence-corrected chi connectivity index (χ2v) is 9.44. The standard InChI is InChI=1S/C26H46O6/c1-5-6-7-8-9-10-11-12-13-14-15-16-17-18-19-20-23(27)31-22(25(29)30)21-24(28)32-26(2,3)4/h12-13,22H,5-11,14-21H2,1-4H3,(H,29,30). The molecular formula is C26H46O6. The molecule has 0 saturated carbocycles. The molecule has 6 nitrogen and oxygen atoms in total. The smallest absolute Gasteiger partial charge is 0.345 e. The summed E-state index contributed by atoms with van der Waals surface area (Å²) in [5.41, 5.74) is -0.714. The van der Waals surface area contributed by atoms with Gasteiger partial charge in [0.15, 0.2) is 0 Å². The van der Waals surface area contributed by atoms with E-state index in [0.29, 0.717) is 6.42 Å². The summed E-state index contributed by atoms with van der Waals surface area (Å²) in [5, 5.41) is 9.18. The van der Waals surface area contributed by atoms with E-state index in [0.717, 1.165) is 32.1 Å². The average molecular weight is 455 g/mol. The molecule has 0 heterocycles. The van der Waals surface area contributed by atoms with E-state index in [4.69, 9.17) is 9.47 Å². The Kier molecular flexibility index (Phi) is 17.6. The van der Waals surface area contributed by atoms with Crippen LogP contribution in [-0.2, 0) is 23.9 Å². The van der Waals surface area contributed by atoms with Gasteiger partial charge in [-0.2, -0.15) is 0 Å². The van der Waals surface area contributed by atoms with Gasteiger partial charge in [0.25, 0.3) is 0 Å². The molecule has 0 saturated heterocycles. The summed E-state index contributed by atoms with van der Waals surface area (Å²) in [6.07, 6.45) is 17.9. The molecule has 186 valence electrons. The van der Waals surface area contributed by atoms with Crippen LogP contribution in [0, 0.1) is 0 Å². The summed E-state index contributed by atoms with van der Waals surface area (Å²) in [7, 11) is 0. The van der Waals surface area contributed by atoms with Crippen LogP contribution < -0.4 is 0 Å². The predicted molar refractivity (Wildman–Crippen MR) is 127 cm³/mol. The fraction of sp³-hybridized carbons (Fsp3) is 0.808. The molecule has 0 fully saturated rings. The highest BCUT2D eigenvalue weighted by Gasteiger charge is 2.28. The zero-order chi connectivity index (χ0) is 24.2. The maximum absolute atomic E-state index is 11.9. The Bertz CT molecular complexity index is 547. The number of unbranched alkanes of at least 4 members (excludes halogenated alkanes) is 11. The average Bonchev–Trinajstić information content (AvgIpc) is 2.69. The highest BCUT2D eigenvalue weighted by molar-refractivity contribution is 5.83. The fourth-order valence-corrected chi connectivity index (χ4v) is 3.27. The Balaban J connectivity index is 3.75. The van der Waals surface area contributed by atoms with E-state index in [2.05, 4.69) is 19.1 Å². The number of hydrogen-bond donors (Lipinski definition) is 1. The molecule has 0 spiro atoms. The third-order valence-electron chi connectivity index (χ3n) is 4.96. The minimum absolute atomic E-state index is 0.163. The van der Waals surface area contributed by atoms with Crippen LogP contribution in [0.5, 0.6) is 0 Å². The van der Waals surface area contributed by atoms with Gasteiger partial charge in [0, 0.05) is 6.42 Å². The maximum atomic E-state index is 11.9. The number of aliphatic carboxylic acids is 1.